The van der Waals surface area contributed by atoms with Crippen LogP contribution >= 0.6 is 0 Å². The number of aliphatic imine (C=N–C) groups is 1. The first-order valence-electron chi connectivity index (χ1n) is 12.6. The van der Waals surface area contributed by atoms with E-state index in [0.717, 1.165) is 24.4 Å². The van der Waals surface area contributed by atoms with Crippen LogP contribution < -0.4 is 5.69 Å². The number of carboxylic acids is 1. The number of likely N-dealkylation sites (N-methyl/N-ethyl adjacent to an activating group) is 1. The molecule has 0 radical (unpaired) electrons. The molecule has 2 aromatic heterocycles. The monoisotopic (exact) mass is 526 g/mol. The fourth-order valence-corrected chi connectivity index (χ4v) is 5.12. The fraction of sp³-hybridized carbons (Fsp3) is 0.241. The van der Waals surface area contributed by atoms with Crippen LogP contribution in [0.15, 0.2) is 83.4 Å². The van der Waals surface area contributed by atoms with Gasteiger partial charge in [-0.1, -0.05) is 24.8 Å². The molecule has 10 heteroatoms. The minimum atomic E-state index is -1.00. The Balaban J connectivity index is 1.49. The van der Waals surface area contributed by atoms with Gasteiger partial charge in [0, 0.05) is 33.4 Å². The Morgan fingerprint density at radius 1 is 1.21 bits per heavy atom. The molecule has 4 aromatic rings. The molecule has 0 aliphatic carbocycles. The van der Waals surface area contributed by atoms with Crippen LogP contribution in [0.4, 0.5) is 0 Å². The highest BCUT2D eigenvalue weighted by Gasteiger charge is 2.30. The molecule has 3 heterocycles. The molecule has 39 heavy (non-hydrogen) atoms. The van der Waals surface area contributed by atoms with E-state index in [4.69, 9.17) is 5.11 Å². The number of carboxylic acid groups (broad SMARTS) is 1. The standard InChI is InChI=1S/C29H30N6O4/c1-4-32(3)26(30-2)18-33-15-13-22(17-33)34-27-24(6-5-14-31-27)35(29(34)39)23-12-11-21(16-25(23)36)19-7-9-20(10-8-19)28(37)38/h4-12,14,16,22,36H,1,13,15,17-18H2,2-3H3,(H,37,38)/b30-26-. The van der Waals surface area contributed by atoms with Gasteiger partial charge >= 0.3 is 11.7 Å². The Morgan fingerprint density at radius 3 is 2.62 bits per heavy atom. The molecule has 2 aromatic carbocycles. The van der Waals surface area contributed by atoms with Gasteiger partial charge in [-0.25, -0.2) is 14.6 Å². The van der Waals surface area contributed by atoms with Gasteiger partial charge in [-0.05, 0) is 60.1 Å². The molecule has 200 valence electrons. The summed E-state index contributed by atoms with van der Waals surface area (Å²) < 4.78 is 3.23. The summed E-state index contributed by atoms with van der Waals surface area (Å²) in [7, 11) is 3.67. The van der Waals surface area contributed by atoms with Gasteiger partial charge in [-0.2, -0.15) is 0 Å². The van der Waals surface area contributed by atoms with E-state index in [-0.39, 0.29) is 23.0 Å². The van der Waals surface area contributed by atoms with Gasteiger partial charge in [-0.3, -0.25) is 19.0 Å². The molecular formula is C29H30N6O4. The topological polar surface area (TPSA) is 116 Å². The number of phenolic OH excluding ortho intramolecular Hbond substituents is 1. The van der Waals surface area contributed by atoms with Crippen molar-refractivity contribution in [1.82, 2.24) is 23.9 Å². The summed E-state index contributed by atoms with van der Waals surface area (Å²) in [6.45, 7) is 5.93. The maximum Gasteiger partial charge on any atom is 0.335 e. The zero-order chi connectivity index (χ0) is 27.7. The molecule has 10 nitrogen and oxygen atoms in total. The summed E-state index contributed by atoms with van der Waals surface area (Å²) in [6, 6.07) is 15.0. The third kappa shape index (κ3) is 4.82. The van der Waals surface area contributed by atoms with Crippen LogP contribution in [0.1, 0.15) is 22.8 Å². The molecule has 1 aliphatic rings. The SMILES string of the molecule is C=CN(C)/C(CN1CCC(n2c(=O)n(-c3ccc(-c4ccc(C(=O)O)cc4)cc3O)c3cccnc32)C1)=N\C. The second kappa shape index (κ2) is 10.6. The number of hydrogen-bond acceptors (Lipinski definition) is 6. The molecule has 1 unspecified atom stereocenters. The van der Waals surface area contributed by atoms with Crippen LogP contribution in [0.5, 0.6) is 5.75 Å². The predicted octanol–water partition coefficient (Wildman–Crippen LogP) is 3.61. The number of nitrogens with zero attached hydrogens (tertiary/aromatic N) is 6. The normalized spacial score (nSPS) is 16.1. The summed E-state index contributed by atoms with van der Waals surface area (Å²) in [5.74, 6) is -0.178. The van der Waals surface area contributed by atoms with E-state index in [2.05, 4.69) is 21.5 Å². The zero-order valence-corrected chi connectivity index (χ0v) is 21.9. The van der Waals surface area contributed by atoms with Crippen LogP contribution in [0, 0.1) is 0 Å². The van der Waals surface area contributed by atoms with Gasteiger partial charge in [0.25, 0.3) is 0 Å². The lowest BCUT2D eigenvalue weighted by Gasteiger charge is -2.22. The number of pyridine rings is 1. The zero-order valence-electron chi connectivity index (χ0n) is 21.9. The van der Waals surface area contributed by atoms with E-state index in [9.17, 15) is 14.7 Å². The van der Waals surface area contributed by atoms with Gasteiger partial charge in [0.05, 0.1) is 29.4 Å². The number of fused-ring (bicyclic) bond motifs is 1. The lowest BCUT2D eigenvalue weighted by molar-refractivity contribution is 0.0697. The van der Waals surface area contributed by atoms with Crippen molar-refractivity contribution in [2.24, 2.45) is 4.99 Å². The quantitative estimate of drug-likeness (QED) is 0.279. The minimum Gasteiger partial charge on any atom is -0.506 e. The number of aromatic carboxylic acids is 1. The van der Waals surface area contributed by atoms with Crippen molar-refractivity contribution in [2.45, 2.75) is 12.5 Å². The lowest BCUT2D eigenvalue weighted by atomic mass is 10.0. The molecule has 2 N–H and O–H groups in total. The highest BCUT2D eigenvalue weighted by Crippen LogP contribution is 2.31. The average Bonchev–Trinajstić information content (AvgIpc) is 3.52. The number of amidine groups is 1. The van der Waals surface area contributed by atoms with Crippen molar-refractivity contribution >= 4 is 23.0 Å². The van der Waals surface area contributed by atoms with E-state index in [1.54, 1.807) is 60.4 Å². The molecule has 5 rings (SSSR count). The lowest BCUT2D eigenvalue weighted by Crippen LogP contribution is -2.36. The number of aromatic nitrogens is 3. The third-order valence-corrected chi connectivity index (χ3v) is 7.23. The van der Waals surface area contributed by atoms with Gasteiger partial charge < -0.3 is 15.1 Å². The number of phenols is 1. The number of benzene rings is 2. The van der Waals surface area contributed by atoms with Crippen molar-refractivity contribution in [3.05, 3.63) is 89.6 Å². The summed E-state index contributed by atoms with van der Waals surface area (Å²) >= 11 is 0. The van der Waals surface area contributed by atoms with Gasteiger partial charge in [0.1, 0.15) is 11.6 Å². The predicted molar refractivity (Wildman–Crippen MR) is 151 cm³/mol. The summed E-state index contributed by atoms with van der Waals surface area (Å²) in [5.41, 5.74) is 2.89. The van der Waals surface area contributed by atoms with Crippen molar-refractivity contribution < 1.29 is 15.0 Å². The molecule has 0 bridgehead atoms. The molecule has 1 fully saturated rings. The summed E-state index contributed by atoms with van der Waals surface area (Å²) in [6.07, 6.45) is 4.17. The second-order valence-corrected chi connectivity index (χ2v) is 9.53. The first-order valence-corrected chi connectivity index (χ1v) is 12.6. The molecule has 1 saturated heterocycles. The molecule has 1 aliphatic heterocycles. The van der Waals surface area contributed by atoms with E-state index in [1.807, 2.05) is 18.0 Å². The Kier molecular flexibility index (Phi) is 7.03. The number of aromatic hydroxyl groups is 1. The van der Waals surface area contributed by atoms with E-state index < -0.39 is 5.97 Å². The first-order chi connectivity index (χ1) is 18.8. The smallest absolute Gasteiger partial charge is 0.335 e. The van der Waals surface area contributed by atoms with Crippen molar-refractivity contribution in [3.63, 3.8) is 0 Å². The number of hydrogen-bond donors (Lipinski definition) is 2. The number of rotatable bonds is 7. The number of likely N-dealkylation sites (tertiary alicyclic amines) is 1. The van der Waals surface area contributed by atoms with E-state index >= 15 is 0 Å². The average molecular weight is 527 g/mol. The summed E-state index contributed by atoms with van der Waals surface area (Å²) in [4.78, 5) is 38.1. The minimum absolute atomic E-state index is 0.0656. The highest BCUT2D eigenvalue weighted by atomic mass is 16.4. The van der Waals surface area contributed by atoms with Crippen molar-refractivity contribution in [3.8, 4) is 22.6 Å². The van der Waals surface area contributed by atoms with Gasteiger partial charge in [0.2, 0.25) is 0 Å². The third-order valence-electron chi connectivity index (χ3n) is 7.23. The van der Waals surface area contributed by atoms with Gasteiger partial charge in [-0.15, -0.1) is 0 Å². The Labute approximate surface area is 225 Å². The van der Waals surface area contributed by atoms with Crippen LogP contribution in [-0.4, -0.2) is 79.7 Å². The first kappa shape index (κ1) is 25.9. The molecule has 0 saturated carbocycles. The largest absolute Gasteiger partial charge is 0.506 e. The number of carbonyl (C=O) groups is 1. The van der Waals surface area contributed by atoms with Crippen molar-refractivity contribution in [1.29, 1.82) is 0 Å². The van der Waals surface area contributed by atoms with Crippen LogP contribution in [-0.2, 0) is 0 Å². The highest BCUT2D eigenvalue weighted by molar-refractivity contribution is 5.88. The molecule has 1 atom stereocenters. The summed E-state index contributed by atoms with van der Waals surface area (Å²) in [5, 5.41) is 20.2. The Bertz CT molecular complexity index is 1640. The van der Waals surface area contributed by atoms with Crippen LogP contribution in [0.3, 0.4) is 0 Å². The maximum absolute atomic E-state index is 13.9. The Hall–Kier alpha value is -4.70. The Morgan fingerprint density at radius 2 is 1.95 bits per heavy atom. The number of imidazole rings is 1. The molecular weight excluding hydrogens is 496 g/mol. The molecule has 0 amide bonds. The van der Waals surface area contributed by atoms with Crippen LogP contribution in [0.25, 0.3) is 28.0 Å². The fourth-order valence-electron chi connectivity index (χ4n) is 5.12. The van der Waals surface area contributed by atoms with Crippen molar-refractivity contribution in [2.75, 3.05) is 33.7 Å². The maximum atomic E-state index is 13.9. The van der Waals surface area contributed by atoms with E-state index in [1.165, 1.54) is 16.7 Å². The second-order valence-electron chi connectivity index (χ2n) is 9.53. The van der Waals surface area contributed by atoms with Gasteiger partial charge in [0.15, 0.2) is 5.65 Å². The molecule has 0 spiro atoms. The van der Waals surface area contributed by atoms with Crippen LogP contribution in [0.2, 0.25) is 0 Å². The van der Waals surface area contributed by atoms with E-state index in [0.29, 0.717) is 35.5 Å².